The zero-order chi connectivity index (χ0) is 14.9. The van der Waals surface area contributed by atoms with Gasteiger partial charge in [0.05, 0.1) is 4.92 Å². The summed E-state index contributed by atoms with van der Waals surface area (Å²) in [6, 6.07) is 10.6. The normalized spacial score (nSPS) is 12.2. The summed E-state index contributed by atoms with van der Waals surface area (Å²) in [5.41, 5.74) is 4.02. The quantitative estimate of drug-likeness (QED) is 0.685. The van der Waals surface area contributed by atoms with Crippen molar-refractivity contribution in [2.45, 2.75) is 26.9 Å². The van der Waals surface area contributed by atoms with Crippen molar-refractivity contribution in [3.63, 3.8) is 0 Å². The van der Waals surface area contributed by atoms with Crippen LogP contribution < -0.4 is 0 Å². The van der Waals surface area contributed by atoms with Crippen LogP contribution in [0.3, 0.4) is 0 Å². The zero-order valence-electron chi connectivity index (χ0n) is 11.8. The lowest BCUT2D eigenvalue weighted by Crippen LogP contribution is -2.03. The van der Waals surface area contributed by atoms with E-state index in [0.717, 1.165) is 16.7 Å². The van der Waals surface area contributed by atoms with Gasteiger partial charge in [0.2, 0.25) is 0 Å². The molecule has 1 N–H and O–H groups in total. The summed E-state index contributed by atoms with van der Waals surface area (Å²) in [6.07, 6.45) is -0.852. The summed E-state index contributed by atoms with van der Waals surface area (Å²) in [4.78, 5) is 10.5. The molecule has 0 aliphatic carbocycles. The van der Waals surface area contributed by atoms with E-state index in [4.69, 9.17) is 0 Å². The summed E-state index contributed by atoms with van der Waals surface area (Å²) in [7, 11) is 0. The van der Waals surface area contributed by atoms with Crippen LogP contribution in [0.25, 0.3) is 0 Å². The third kappa shape index (κ3) is 2.70. The van der Waals surface area contributed by atoms with E-state index in [1.807, 2.05) is 32.0 Å². The molecule has 0 saturated carbocycles. The fraction of sp³-hybridized carbons (Fsp3) is 0.250. The highest BCUT2D eigenvalue weighted by molar-refractivity contribution is 5.46. The molecule has 0 aromatic heterocycles. The van der Waals surface area contributed by atoms with E-state index in [-0.39, 0.29) is 5.69 Å². The minimum absolute atomic E-state index is 0.0336. The van der Waals surface area contributed by atoms with Gasteiger partial charge in [0, 0.05) is 11.6 Å². The standard InChI is InChI=1S/C16H17NO3/c1-10-4-7-14(12(3)8-10)16(18)13-6-5-11(2)15(9-13)17(19)20/h4-9,16,18H,1-3H3. The van der Waals surface area contributed by atoms with Gasteiger partial charge in [-0.1, -0.05) is 35.9 Å². The van der Waals surface area contributed by atoms with E-state index in [0.29, 0.717) is 11.1 Å². The highest BCUT2D eigenvalue weighted by Crippen LogP contribution is 2.29. The highest BCUT2D eigenvalue weighted by Gasteiger charge is 2.18. The van der Waals surface area contributed by atoms with E-state index in [1.54, 1.807) is 19.1 Å². The molecule has 2 aromatic carbocycles. The van der Waals surface area contributed by atoms with Crippen LogP contribution in [0.4, 0.5) is 5.69 Å². The maximum absolute atomic E-state index is 11.0. The van der Waals surface area contributed by atoms with Crippen molar-refractivity contribution in [2.75, 3.05) is 0 Å². The zero-order valence-corrected chi connectivity index (χ0v) is 11.8. The first-order valence-corrected chi connectivity index (χ1v) is 6.40. The molecule has 0 heterocycles. The molecule has 104 valence electrons. The number of aliphatic hydroxyl groups is 1. The van der Waals surface area contributed by atoms with Gasteiger partial charge in [-0.15, -0.1) is 0 Å². The minimum atomic E-state index is -0.852. The molecule has 0 bridgehead atoms. The Balaban J connectivity index is 2.45. The van der Waals surface area contributed by atoms with E-state index in [9.17, 15) is 15.2 Å². The van der Waals surface area contributed by atoms with Gasteiger partial charge < -0.3 is 5.11 Å². The van der Waals surface area contributed by atoms with Gasteiger partial charge in [-0.25, -0.2) is 0 Å². The van der Waals surface area contributed by atoms with Gasteiger partial charge in [0.1, 0.15) is 6.10 Å². The number of aryl methyl sites for hydroxylation is 3. The molecule has 4 nitrogen and oxygen atoms in total. The molecule has 0 spiro atoms. The largest absolute Gasteiger partial charge is 0.384 e. The summed E-state index contributed by atoms with van der Waals surface area (Å²) >= 11 is 0. The molecular formula is C16H17NO3. The first-order valence-electron chi connectivity index (χ1n) is 6.40. The molecular weight excluding hydrogens is 254 g/mol. The molecule has 0 aliphatic rings. The number of nitrogens with zero attached hydrogens (tertiary/aromatic N) is 1. The monoisotopic (exact) mass is 271 g/mol. The molecule has 1 unspecified atom stereocenters. The number of rotatable bonds is 3. The van der Waals surface area contributed by atoms with Crippen molar-refractivity contribution in [3.05, 3.63) is 74.3 Å². The predicted molar refractivity (Wildman–Crippen MR) is 77.8 cm³/mol. The van der Waals surface area contributed by atoms with Crippen LogP contribution in [0, 0.1) is 30.9 Å². The number of hydrogen-bond acceptors (Lipinski definition) is 3. The van der Waals surface area contributed by atoms with Crippen molar-refractivity contribution in [1.82, 2.24) is 0 Å². The predicted octanol–water partition coefficient (Wildman–Crippen LogP) is 3.60. The van der Waals surface area contributed by atoms with Gasteiger partial charge in [0.15, 0.2) is 0 Å². The van der Waals surface area contributed by atoms with Gasteiger partial charge in [-0.2, -0.15) is 0 Å². The topological polar surface area (TPSA) is 63.4 Å². The van der Waals surface area contributed by atoms with Gasteiger partial charge in [-0.05, 0) is 37.5 Å². The average Bonchev–Trinajstić information content (AvgIpc) is 2.38. The second kappa shape index (κ2) is 5.43. The number of nitro groups is 1. The van der Waals surface area contributed by atoms with Gasteiger partial charge in [-0.3, -0.25) is 10.1 Å². The van der Waals surface area contributed by atoms with Gasteiger partial charge in [0.25, 0.3) is 5.69 Å². The van der Waals surface area contributed by atoms with Crippen LogP contribution in [0.5, 0.6) is 0 Å². The highest BCUT2D eigenvalue weighted by atomic mass is 16.6. The van der Waals surface area contributed by atoms with Crippen LogP contribution in [-0.4, -0.2) is 10.0 Å². The number of benzene rings is 2. The molecule has 20 heavy (non-hydrogen) atoms. The Kier molecular flexibility index (Phi) is 3.86. The van der Waals surface area contributed by atoms with Crippen molar-refractivity contribution >= 4 is 5.69 Å². The first-order chi connectivity index (χ1) is 9.40. The SMILES string of the molecule is Cc1ccc(C(O)c2ccc(C)c([N+](=O)[O-])c2)c(C)c1. The van der Waals surface area contributed by atoms with E-state index >= 15 is 0 Å². The van der Waals surface area contributed by atoms with Crippen LogP contribution in [0.1, 0.15) is 33.9 Å². The average molecular weight is 271 g/mol. The second-order valence-corrected chi connectivity index (χ2v) is 5.07. The molecule has 0 radical (unpaired) electrons. The Hall–Kier alpha value is -2.20. The van der Waals surface area contributed by atoms with Crippen LogP contribution in [-0.2, 0) is 0 Å². The molecule has 2 rings (SSSR count). The molecule has 2 aromatic rings. The molecule has 0 saturated heterocycles. The lowest BCUT2D eigenvalue weighted by molar-refractivity contribution is -0.385. The minimum Gasteiger partial charge on any atom is -0.384 e. The Morgan fingerprint density at radius 3 is 2.35 bits per heavy atom. The van der Waals surface area contributed by atoms with Crippen LogP contribution >= 0.6 is 0 Å². The maximum Gasteiger partial charge on any atom is 0.272 e. The first kappa shape index (κ1) is 14.2. The third-order valence-electron chi connectivity index (χ3n) is 3.47. The Morgan fingerprint density at radius 2 is 1.75 bits per heavy atom. The van der Waals surface area contributed by atoms with Crippen molar-refractivity contribution in [1.29, 1.82) is 0 Å². The van der Waals surface area contributed by atoms with E-state index in [2.05, 4.69) is 0 Å². The fourth-order valence-electron chi connectivity index (χ4n) is 2.31. The lowest BCUT2D eigenvalue weighted by Gasteiger charge is -2.15. The smallest absolute Gasteiger partial charge is 0.272 e. The molecule has 4 heteroatoms. The summed E-state index contributed by atoms with van der Waals surface area (Å²) in [5, 5.41) is 21.4. The van der Waals surface area contributed by atoms with Crippen molar-refractivity contribution in [3.8, 4) is 0 Å². The summed E-state index contributed by atoms with van der Waals surface area (Å²) in [6.45, 7) is 5.60. The molecule has 1 atom stereocenters. The van der Waals surface area contributed by atoms with Crippen LogP contribution in [0.2, 0.25) is 0 Å². The van der Waals surface area contributed by atoms with Crippen LogP contribution in [0.15, 0.2) is 36.4 Å². The number of aliphatic hydroxyl groups excluding tert-OH is 1. The Morgan fingerprint density at radius 1 is 1.05 bits per heavy atom. The second-order valence-electron chi connectivity index (χ2n) is 5.07. The number of nitro benzene ring substituents is 1. The third-order valence-corrected chi connectivity index (χ3v) is 3.47. The van der Waals surface area contributed by atoms with Crippen molar-refractivity contribution in [2.24, 2.45) is 0 Å². The molecule has 0 fully saturated rings. The van der Waals surface area contributed by atoms with Crippen molar-refractivity contribution < 1.29 is 10.0 Å². The van der Waals surface area contributed by atoms with E-state index < -0.39 is 11.0 Å². The summed E-state index contributed by atoms with van der Waals surface area (Å²) in [5.74, 6) is 0. The molecule has 0 amide bonds. The molecule has 0 aliphatic heterocycles. The lowest BCUT2D eigenvalue weighted by atomic mass is 9.95. The Labute approximate surface area is 117 Å². The fourth-order valence-corrected chi connectivity index (χ4v) is 2.31. The summed E-state index contributed by atoms with van der Waals surface area (Å²) < 4.78 is 0. The number of hydrogen-bond donors (Lipinski definition) is 1. The van der Waals surface area contributed by atoms with Gasteiger partial charge >= 0.3 is 0 Å². The maximum atomic E-state index is 11.0. The van der Waals surface area contributed by atoms with E-state index in [1.165, 1.54) is 6.07 Å². The Bertz CT molecular complexity index is 665.